The van der Waals surface area contributed by atoms with Gasteiger partial charge in [-0.1, -0.05) is 33.6 Å². The van der Waals surface area contributed by atoms with Gasteiger partial charge in [0.2, 0.25) is 0 Å². The molecular formula is C19H16BrClN2O3S. The normalized spacial score (nSPS) is 16.7. The lowest BCUT2D eigenvalue weighted by atomic mass is 10.2. The van der Waals surface area contributed by atoms with E-state index < -0.39 is 0 Å². The Hall–Kier alpha value is -1.96. The number of amides is 1. The average molecular weight is 468 g/mol. The van der Waals surface area contributed by atoms with Crippen LogP contribution in [0.2, 0.25) is 5.02 Å². The molecule has 2 aromatic carbocycles. The standard InChI is InChI=1S/C19H16BrClN2O3S/c1-10-13(21)5-4-6-14(10)22-19-23-18(24)17(27-19)8-11-7-15(25-2)16(26-3)9-12(11)20/h4-9H,1-3H3,(H,22,23,24). The van der Waals surface area contributed by atoms with Gasteiger partial charge >= 0.3 is 0 Å². The molecule has 0 radical (unpaired) electrons. The van der Waals surface area contributed by atoms with E-state index in [0.717, 1.165) is 21.3 Å². The number of hydrogen-bond acceptors (Lipinski definition) is 5. The summed E-state index contributed by atoms with van der Waals surface area (Å²) in [6, 6.07) is 9.09. The van der Waals surface area contributed by atoms with E-state index in [1.165, 1.54) is 11.8 Å². The van der Waals surface area contributed by atoms with Gasteiger partial charge in [0, 0.05) is 9.50 Å². The van der Waals surface area contributed by atoms with Gasteiger partial charge in [-0.25, -0.2) is 4.99 Å². The van der Waals surface area contributed by atoms with Crippen LogP contribution in [0.1, 0.15) is 11.1 Å². The second-order valence-corrected chi connectivity index (χ2v) is 7.89. The third kappa shape index (κ3) is 4.31. The van der Waals surface area contributed by atoms with Crippen LogP contribution in [-0.2, 0) is 4.79 Å². The molecule has 0 aromatic heterocycles. The fraction of sp³-hybridized carbons (Fsp3) is 0.158. The maximum absolute atomic E-state index is 12.3. The molecule has 0 aliphatic carbocycles. The smallest absolute Gasteiger partial charge is 0.264 e. The van der Waals surface area contributed by atoms with Crippen LogP contribution in [0, 0.1) is 6.92 Å². The van der Waals surface area contributed by atoms with Crippen molar-refractivity contribution in [2.45, 2.75) is 6.92 Å². The molecule has 3 rings (SSSR count). The van der Waals surface area contributed by atoms with Crippen LogP contribution in [0.4, 0.5) is 5.69 Å². The van der Waals surface area contributed by atoms with Crippen LogP contribution in [0.5, 0.6) is 11.5 Å². The first-order valence-electron chi connectivity index (χ1n) is 7.89. The van der Waals surface area contributed by atoms with Gasteiger partial charge in [0.05, 0.1) is 24.8 Å². The number of ether oxygens (including phenoxy) is 2. The summed E-state index contributed by atoms with van der Waals surface area (Å²) >= 11 is 10.9. The summed E-state index contributed by atoms with van der Waals surface area (Å²) in [4.78, 5) is 17.4. The Morgan fingerprint density at radius 2 is 1.93 bits per heavy atom. The minimum atomic E-state index is -0.208. The van der Waals surface area contributed by atoms with E-state index in [9.17, 15) is 4.79 Å². The molecule has 1 N–H and O–H groups in total. The zero-order valence-electron chi connectivity index (χ0n) is 14.8. The number of thioether (sulfide) groups is 1. The number of halogens is 2. The van der Waals surface area contributed by atoms with Crippen molar-refractivity contribution in [2.24, 2.45) is 4.99 Å². The molecule has 2 aromatic rings. The highest BCUT2D eigenvalue weighted by Gasteiger charge is 2.24. The van der Waals surface area contributed by atoms with E-state index >= 15 is 0 Å². The monoisotopic (exact) mass is 466 g/mol. The predicted octanol–water partition coefficient (Wildman–Crippen LogP) is 5.32. The summed E-state index contributed by atoms with van der Waals surface area (Å²) in [7, 11) is 3.14. The van der Waals surface area contributed by atoms with Crippen molar-refractivity contribution in [3.05, 3.63) is 55.9 Å². The molecule has 1 heterocycles. The highest BCUT2D eigenvalue weighted by Crippen LogP contribution is 2.36. The maximum atomic E-state index is 12.3. The van der Waals surface area contributed by atoms with Gasteiger partial charge in [-0.2, -0.15) is 0 Å². The Kier molecular flexibility index (Phi) is 6.14. The number of benzene rings is 2. The van der Waals surface area contributed by atoms with E-state index in [1.54, 1.807) is 38.5 Å². The maximum Gasteiger partial charge on any atom is 0.264 e. The van der Waals surface area contributed by atoms with Gasteiger partial charge in [0.15, 0.2) is 16.7 Å². The molecule has 1 fully saturated rings. The SMILES string of the molecule is COc1cc(Br)c(C=C2SC(=Nc3cccc(Cl)c3C)NC2=O)cc1OC. The molecule has 27 heavy (non-hydrogen) atoms. The number of carbonyl (C=O) groups excluding carboxylic acids is 1. The third-order valence-corrected chi connectivity index (χ3v) is 5.91. The van der Waals surface area contributed by atoms with Gasteiger partial charge in [-0.05, 0) is 60.2 Å². The molecule has 0 unspecified atom stereocenters. The summed E-state index contributed by atoms with van der Waals surface area (Å²) in [5.74, 6) is 0.980. The Balaban J connectivity index is 1.92. The fourth-order valence-electron chi connectivity index (χ4n) is 2.43. The van der Waals surface area contributed by atoms with Crippen molar-refractivity contribution in [2.75, 3.05) is 14.2 Å². The van der Waals surface area contributed by atoms with E-state index in [2.05, 4.69) is 26.2 Å². The lowest BCUT2D eigenvalue weighted by Crippen LogP contribution is -2.19. The van der Waals surface area contributed by atoms with E-state index in [-0.39, 0.29) is 5.91 Å². The van der Waals surface area contributed by atoms with Crippen LogP contribution < -0.4 is 14.8 Å². The molecule has 1 saturated heterocycles. The summed E-state index contributed by atoms with van der Waals surface area (Å²) in [6.45, 7) is 1.89. The van der Waals surface area contributed by atoms with Gasteiger partial charge < -0.3 is 14.8 Å². The first-order chi connectivity index (χ1) is 12.9. The number of aliphatic imine (C=N–C) groups is 1. The van der Waals surface area contributed by atoms with Crippen molar-refractivity contribution in [1.29, 1.82) is 0 Å². The van der Waals surface area contributed by atoms with Crippen LogP contribution >= 0.6 is 39.3 Å². The van der Waals surface area contributed by atoms with Gasteiger partial charge in [0.25, 0.3) is 5.91 Å². The Bertz CT molecular complexity index is 976. The molecule has 0 atom stereocenters. The molecule has 0 spiro atoms. The minimum Gasteiger partial charge on any atom is -0.493 e. The number of amidine groups is 1. The number of methoxy groups -OCH3 is 2. The highest BCUT2D eigenvalue weighted by molar-refractivity contribution is 9.10. The molecule has 8 heteroatoms. The Labute approximate surface area is 174 Å². The molecule has 5 nitrogen and oxygen atoms in total. The topological polar surface area (TPSA) is 59.9 Å². The number of rotatable bonds is 4. The second kappa shape index (κ2) is 8.37. The molecule has 140 valence electrons. The van der Waals surface area contributed by atoms with Crippen molar-refractivity contribution in [3.63, 3.8) is 0 Å². The molecular weight excluding hydrogens is 452 g/mol. The summed E-state index contributed by atoms with van der Waals surface area (Å²) in [6.07, 6.45) is 1.78. The van der Waals surface area contributed by atoms with Crippen LogP contribution in [0.15, 0.2) is 44.7 Å². The van der Waals surface area contributed by atoms with Crippen molar-refractivity contribution in [3.8, 4) is 11.5 Å². The average Bonchev–Trinajstić information content (AvgIpc) is 2.99. The van der Waals surface area contributed by atoms with Gasteiger partial charge in [0.1, 0.15) is 0 Å². The van der Waals surface area contributed by atoms with E-state index in [0.29, 0.717) is 26.6 Å². The summed E-state index contributed by atoms with van der Waals surface area (Å²) in [5.41, 5.74) is 2.38. The van der Waals surface area contributed by atoms with Gasteiger partial charge in [-0.15, -0.1) is 0 Å². The van der Waals surface area contributed by atoms with Crippen LogP contribution in [0.25, 0.3) is 6.08 Å². The molecule has 0 saturated carbocycles. The second-order valence-electron chi connectivity index (χ2n) is 5.59. The third-order valence-electron chi connectivity index (χ3n) is 3.90. The minimum absolute atomic E-state index is 0.208. The number of hydrogen-bond donors (Lipinski definition) is 1. The molecule has 1 amide bonds. The summed E-state index contributed by atoms with van der Waals surface area (Å²) < 4.78 is 11.4. The quantitative estimate of drug-likeness (QED) is 0.618. The first-order valence-corrected chi connectivity index (χ1v) is 9.88. The van der Waals surface area contributed by atoms with Crippen molar-refractivity contribution < 1.29 is 14.3 Å². The number of nitrogens with zero attached hydrogens (tertiary/aromatic N) is 1. The molecule has 1 aliphatic rings. The highest BCUT2D eigenvalue weighted by atomic mass is 79.9. The molecule has 1 aliphatic heterocycles. The van der Waals surface area contributed by atoms with Crippen molar-refractivity contribution >= 4 is 62.1 Å². The predicted molar refractivity (Wildman–Crippen MR) is 114 cm³/mol. The van der Waals surface area contributed by atoms with Crippen LogP contribution in [0.3, 0.4) is 0 Å². The summed E-state index contributed by atoms with van der Waals surface area (Å²) in [5, 5.41) is 3.92. The Morgan fingerprint density at radius 3 is 2.63 bits per heavy atom. The van der Waals surface area contributed by atoms with Crippen molar-refractivity contribution in [1.82, 2.24) is 5.32 Å². The van der Waals surface area contributed by atoms with Crippen LogP contribution in [-0.4, -0.2) is 25.3 Å². The Morgan fingerprint density at radius 1 is 1.22 bits per heavy atom. The number of carbonyl (C=O) groups is 1. The lowest BCUT2D eigenvalue weighted by molar-refractivity contribution is -0.115. The first kappa shape index (κ1) is 19.8. The molecule has 0 bridgehead atoms. The zero-order chi connectivity index (χ0) is 19.6. The number of nitrogens with one attached hydrogen (secondary N) is 1. The zero-order valence-corrected chi connectivity index (χ0v) is 18.0. The lowest BCUT2D eigenvalue weighted by Gasteiger charge is -2.10. The van der Waals surface area contributed by atoms with E-state index in [1.807, 2.05) is 19.1 Å². The van der Waals surface area contributed by atoms with E-state index in [4.69, 9.17) is 21.1 Å². The van der Waals surface area contributed by atoms with Gasteiger partial charge in [-0.3, -0.25) is 4.79 Å². The largest absolute Gasteiger partial charge is 0.493 e. The fourth-order valence-corrected chi connectivity index (χ4v) is 3.86.